The van der Waals surface area contributed by atoms with Crippen LogP contribution in [0.3, 0.4) is 0 Å². The summed E-state index contributed by atoms with van der Waals surface area (Å²) in [6, 6.07) is 37.8. The van der Waals surface area contributed by atoms with Crippen LogP contribution < -0.4 is 0 Å². The van der Waals surface area contributed by atoms with Crippen molar-refractivity contribution in [2.75, 3.05) is 0 Å². The molecular formula is C76H90Br4N4. The molecule has 2 N–H and O–H groups in total. The van der Waals surface area contributed by atoms with Gasteiger partial charge in [-0.25, -0.2) is 9.97 Å². The number of nitrogens with zero attached hydrogens (tertiary/aromatic N) is 2. The van der Waals surface area contributed by atoms with Gasteiger partial charge in [0.1, 0.15) is 0 Å². The summed E-state index contributed by atoms with van der Waals surface area (Å²) in [5.74, 6) is 0. The highest BCUT2D eigenvalue weighted by molar-refractivity contribution is 9.18. The van der Waals surface area contributed by atoms with Crippen molar-refractivity contribution in [3.8, 4) is 44.5 Å². The first-order valence-corrected chi connectivity index (χ1v) is 33.1. The minimum atomic E-state index is -0.143. The first-order chi connectivity index (χ1) is 38.3. The number of fused-ring (bicyclic) bond motifs is 8. The molecule has 0 fully saturated rings. The van der Waals surface area contributed by atoms with Gasteiger partial charge in [-0.3, -0.25) is 0 Å². The molecule has 5 heterocycles. The zero-order valence-corrected chi connectivity index (χ0v) is 61.0. The lowest BCUT2D eigenvalue weighted by Gasteiger charge is -2.26. The van der Waals surface area contributed by atoms with Crippen LogP contribution in [0.25, 0.3) is 84.5 Å². The maximum Gasteiger partial charge on any atom is 0.0891 e. The molecule has 0 amide bonds. The number of nitrogens with one attached hydrogen (secondary N) is 2. The smallest absolute Gasteiger partial charge is 0.0891 e. The highest BCUT2D eigenvalue weighted by Gasteiger charge is 2.33. The Morgan fingerprint density at radius 2 is 0.381 bits per heavy atom. The summed E-state index contributed by atoms with van der Waals surface area (Å²) in [4.78, 5) is 20.3. The zero-order valence-electron chi connectivity index (χ0n) is 54.6. The topological polar surface area (TPSA) is 57.4 Å². The third kappa shape index (κ3) is 12.6. The molecule has 8 bridgehead atoms. The second kappa shape index (κ2) is 21.6. The van der Waals surface area contributed by atoms with E-state index in [9.17, 15) is 0 Å². The summed E-state index contributed by atoms with van der Waals surface area (Å²) in [5, 5.41) is 0. The molecule has 0 saturated carbocycles. The van der Waals surface area contributed by atoms with Crippen LogP contribution in [-0.4, -0.2) is 19.9 Å². The largest absolute Gasteiger partial charge is 0.354 e. The number of rotatable bonds is 4. The van der Waals surface area contributed by atoms with Crippen LogP contribution in [0.15, 0.2) is 97.1 Å². The minimum absolute atomic E-state index is 0.143. The monoisotopic (exact) mass is 1370 g/mol. The van der Waals surface area contributed by atoms with Crippen LogP contribution in [0.5, 0.6) is 0 Å². The lowest BCUT2D eigenvalue weighted by molar-refractivity contribution is 0.568. The van der Waals surface area contributed by atoms with E-state index in [1.54, 1.807) is 0 Å². The van der Waals surface area contributed by atoms with Crippen LogP contribution in [0.2, 0.25) is 0 Å². The Bertz CT molecular complexity index is 3410. The second-order valence-corrected chi connectivity index (χ2v) is 35.3. The number of aromatic nitrogens is 4. The molecule has 2 aliphatic rings. The summed E-state index contributed by atoms with van der Waals surface area (Å²) >= 11 is 17.2. The normalized spacial score (nSPS) is 14.3. The SMILES string of the molecule is CC(C)(C)c1cc(-c2c3nc(c(-c4cc(C(C)(C)C)cc(C(C)(C)C)c4)c4ccc([nH]4)c(-c4cc(C(C)(C)C)cc(C(C)(C)C)c4)c4nc(c(-c5cc(C(C)(C)C)cc(C(C)(C)C)c5)c5ccc2[nH]5)C(Br)=C4Br)C(Br)=C3Br)cc(C(C)(C)C)c1. The summed E-state index contributed by atoms with van der Waals surface area (Å²) in [6.07, 6.45) is 0. The lowest BCUT2D eigenvalue weighted by Crippen LogP contribution is -2.16. The van der Waals surface area contributed by atoms with Crippen molar-refractivity contribution in [1.29, 1.82) is 0 Å². The van der Waals surface area contributed by atoms with Crippen LogP contribution in [0.4, 0.5) is 0 Å². The molecule has 0 spiro atoms. The Kier molecular flexibility index (Phi) is 16.4. The van der Waals surface area contributed by atoms with Crippen molar-refractivity contribution in [3.63, 3.8) is 0 Å². The van der Waals surface area contributed by atoms with Gasteiger partial charge in [-0.2, -0.15) is 0 Å². The van der Waals surface area contributed by atoms with E-state index in [4.69, 9.17) is 9.97 Å². The number of H-pyrrole nitrogens is 2. The molecule has 0 saturated heterocycles. The van der Waals surface area contributed by atoms with Crippen molar-refractivity contribution >= 4 is 104 Å². The zero-order chi connectivity index (χ0) is 62.3. The molecule has 84 heavy (non-hydrogen) atoms. The van der Waals surface area contributed by atoms with E-state index in [1.807, 2.05) is 0 Å². The molecule has 4 nitrogen and oxygen atoms in total. The predicted molar refractivity (Wildman–Crippen MR) is 382 cm³/mol. The summed E-state index contributed by atoms with van der Waals surface area (Å²) in [6.45, 7) is 55.5. The average Bonchev–Trinajstić information content (AvgIpc) is 1.75. The summed E-state index contributed by atoms with van der Waals surface area (Å²) in [5.41, 5.74) is 24.4. The summed E-state index contributed by atoms with van der Waals surface area (Å²) in [7, 11) is 0. The Balaban J connectivity index is 1.63. The Labute approximate surface area is 537 Å². The maximum atomic E-state index is 5.99. The molecule has 3 aromatic heterocycles. The maximum absolute atomic E-state index is 5.99. The van der Waals surface area contributed by atoms with Crippen LogP contribution in [-0.2, 0) is 43.3 Å². The summed E-state index contributed by atoms with van der Waals surface area (Å²) < 4.78 is 3.52. The van der Waals surface area contributed by atoms with E-state index in [1.165, 1.54) is 44.5 Å². The van der Waals surface area contributed by atoms with Crippen LogP contribution in [0.1, 0.15) is 233 Å². The van der Waals surface area contributed by atoms with Gasteiger partial charge in [0.2, 0.25) is 0 Å². The molecular weight excluding hydrogens is 1290 g/mol. The number of aromatic amines is 2. The quantitative estimate of drug-likeness (QED) is 0.185. The fourth-order valence-corrected chi connectivity index (χ4v) is 13.0. The van der Waals surface area contributed by atoms with Crippen molar-refractivity contribution < 1.29 is 0 Å². The van der Waals surface area contributed by atoms with Gasteiger partial charge in [0, 0.05) is 44.3 Å². The molecule has 0 aliphatic carbocycles. The van der Waals surface area contributed by atoms with E-state index in [0.717, 1.165) is 107 Å². The second-order valence-electron chi connectivity index (χ2n) is 32.1. The van der Waals surface area contributed by atoms with Gasteiger partial charge < -0.3 is 9.97 Å². The van der Waals surface area contributed by atoms with E-state index >= 15 is 0 Å². The standard InChI is InChI=1S/C76H90Br4N4/c1-69(2,3)45-29-41(30-46(37-45)70(4,5)6)57-53-25-26-54(81-53)58(42-31-47(71(7,8)9)38-48(32-42)72(10,11)12)67-63(79)64(80)68(84-67)60(44-35-51(75(19,20)21)40-52(36-44)76(22,23)24)56-28-27-55(82-56)59(66-62(78)61(77)65(57)83-66)43-33-49(73(13,14)15)39-50(34-43)74(16,17)18/h25-40,81-82H,1-24H3. The van der Waals surface area contributed by atoms with Gasteiger partial charge in [-0.15, -0.1) is 0 Å². The molecule has 9 rings (SSSR count). The Morgan fingerprint density at radius 3 is 0.512 bits per heavy atom. The lowest BCUT2D eigenvalue weighted by atomic mass is 9.78. The van der Waals surface area contributed by atoms with Gasteiger partial charge in [0.15, 0.2) is 0 Å². The minimum Gasteiger partial charge on any atom is -0.354 e. The van der Waals surface area contributed by atoms with Gasteiger partial charge in [-0.05, 0) is 198 Å². The molecule has 0 radical (unpaired) electrons. The van der Waals surface area contributed by atoms with Gasteiger partial charge in [0.25, 0.3) is 0 Å². The molecule has 2 aliphatic heterocycles. The van der Waals surface area contributed by atoms with Gasteiger partial charge in [-0.1, -0.05) is 239 Å². The number of benzene rings is 4. The van der Waals surface area contributed by atoms with Crippen molar-refractivity contribution in [3.05, 3.63) is 164 Å². The van der Waals surface area contributed by atoms with E-state index in [2.05, 4.69) is 337 Å². The molecule has 4 aromatic carbocycles. The van der Waals surface area contributed by atoms with E-state index < -0.39 is 0 Å². The van der Waals surface area contributed by atoms with Crippen LogP contribution in [0, 0.1) is 0 Å². The van der Waals surface area contributed by atoms with Crippen LogP contribution >= 0.6 is 63.7 Å². The third-order valence-electron chi connectivity index (χ3n) is 16.9. The van der Waals surface area contributed by atoms with Crippen molar-refractivity contribution in [2.24, 2.45) is 0 Å². The molecule has 0 unspecified atom stereocenters. The van der Waals surface area contributed by atoms with Crippen molar-refractivity contribution in [2.45, 2.75) is 209 Å². The Morgan fingerprint density at radius 1 is 0.238 bits per heavy atom. The molecule has 0 atom stereocenters. The fourth-order valence-electron chi connectivity index (χ4n) is 11.1. The van der Waals surface area contributed by atoms with Gasteiger partial charge >= 0.3 is 0 Å². The van der Waals surface area contributed by atoms with E-state index in [-0.39, 0.29) is 43.3 Å². The number of hydrogen-bond acceptors (Lipinski definition) is 2. The molecule has 8 heteroatoms. The van der Waals surface area contributed by atoms with Crippen molar-refractivity contribution in [1.82, 2.24) is 19.9 Å². The first kappa shape index (κ1) is 63.9. The number of halogens is 4. The molecule has 7 aromatic rings. The highest BCUT2D eigenvalue weighted by Crippen LogP contribution is 2.52. The van der Waals surface area contributed by atoms with Gasteiger partial charge in [0.05, 0.1) is 40.7 Å². The molecule has 442 valence electrons. The fraction of sp³-hybridized carbons (Fsp3) is 0.421. The van der Waals surface area contributed by atoms with E-state index in [0.29, 0.717) is 0 Å². The third-order valence-corrected chi connectivity index (χ3v) is 21.0. The number of hydrogen-bond donors (Lipinski definition) is 2. The first-order valence-electron chi connectivity index (χ1n) is 29.9. The Hall–Kier alpha value is -4.60. The average molecular weight is 1380 g/mol. The predicted octanol–water partition coefficient (Wildman–Crippen LogP) is 24.6. The highest BCUT2D eigenvalue weighted by atomic mass is 79.9.